The van der Waals surface area contributed by atoms with Crippen LogP contribution in [-0.2, 0) is 9.59 Å². The number of aromatic hydroxyl groups is 2. The number of benzene rings is 2. The number of hydrogen-bond donors (Lipinski definition) is 8. The molecule has 0 radical (unpaired) electrons. The minimum Gasteiger partial charge on any atom is -0.507 e. The highest BCUT2D eigenvalue weighted by molar-refractivity contribution is 6.62. The molecule has 0 saturated carbocycles. The average molecular weight is 517 g/mol. The van der Waals surface area contributed by atoms with E-state index in [1.54, 1.807) is 12.1 Å². The Balaban J connectivity index is 0.00000289. The zero-order valence-electron chi connectivity index (χ0n) is 18.4. The first kappa shape index (κ1) is 29.4. The summed E-state index contributed by atoms with van der Waals surface area (Å²) in [6, 6.07) is 5.89. The van der Waals surface area contributed by atoms with E-state index in [1.807, 2.05) is 0 Å². The van der Waals surface area contributed by atoms with Gasteiger partial charge < -0.3 is 41.7 Å². The second-order valence-corrected chi connectivity index (χ2v) is 7.26. The number of phenols is 2. The van der Waals surface area contributed by atoms with Crippen molar-refractivity contribution in [3.8, 4) is 11.5 Å². The third kappa shape index (κ3) is 6.50. The Hall–Kier alpha value is -2.60. The molecule has 188 valence electrons. The predicted molar refractivity (Wildman–Crippen MR) is 134 cm³/mol. The lowest BCUT2D eigenvalue weighted by Gasteiger charge is -2.19. The lowest BCUT2D eigenvalue weighted by atomic mass is 9.95. The Morgan fingerprint density at radius 2 is 1.00 bits per heavy atom. The number of carbonyl (C=O) groups excluding carboxylic acids is 2. The molecule has 0 aliphatic heterocycles. The number of hydrogen-bond acceptors (Lipinski definition) is 10. The van der Waals surface area contributed by atoms with Crippen molar-refractivity contribution in [2.24, 2.45) is 0 Å². The number of phenolic OH excluding ortho intramolecular Hbond substituents is 2. The van der Waals surface area contributed by atoms with Crippen LogP contribution < -0.4 is 31.7 Å². The van der Waals surface area contributed by atoms with Crippen molar-refractivity contribution in [3.63, 3.8) is 0 Å². The highest BCUT2D eigenvalue weighted by atomic mass is 35.5. The summed E-state index contributed by atoms with van der Waals surface area (Å²) in [4.78, 5) is 25.8. The third-order valence-corrected chi connectivity index (χ3v) is 5.09. The van der Waals surface area contributed by atoms with Crippen molar-refractivity contribution in [1.29, 1.82) is 0 Å². The lowest BCUT2D eigenvalue weighted by molar-refractivity contribution is -0.130. The molecule has 8 N–H and O–H groups in total. The fourth-order valence-electron chi connectivity index (χ4n) is 3.56. The van der Waals surface area contributed by atoms with E-state index in [2.05, 4.69) is 21.3 Å². The van der Waals surface area contributed by atoms with Crippen LogP contribution in [0.1, 0.15) is 0 Å². The third-order valence-electron chi connectivity index (χ3n) is 5.09. The number of nitrogens with one attached hydrogen (secondary N) is 4. The van der Waals surface area contributed by atoms with Gasteiger partial charge >= 0.3 is 0 Å². The van der Waals surface area contributed by atoms with E-state index in [4.69, 9.17) is 10.2 Å². The van der Waals surface area contributed by atoms with Crippen LogP contribution in [0.15, 0.2) is 24.3 Å². The molecule has 0 spiro atoms. The van der Waals surface area contributed by atoms with Gasteiger partial charge in [0.1, 0.15) is 11.5 Å². The van der Waals surface area contributed by atoms with Crippen molar-refractivity contribution < 1.29 is 30.0 Å². The molecule has 1 aliphatic rings. The van der Waals surface area contributed by atoms with Crippen molar-refractivity contribution in [1.82, 2.24) is 21.3 Å². The molecule has 1 aliphatic carbocycles. The highest BCUT2D eigenvalue weighted by Crippen LogP contribution is 2.29. The Morgan fingerprint density at radius 1 is 0.618 bits per heavy atom. The predicted octanol–water partition coefficient (Wildman–Crippen LogP) is -2.19. The number of fused-ring (bicyclic) bond motifs is 2. The summed E-state index contributed by atoms with van der Waals surface area (Å²) in [5.41, 5.74) is 0.230. The van der Waals surface area contributed by atoms with Crippen LogP contribution in [0.2, 0.25) is 0 Å². The summed E-state index contributed by atoms with van der Waals surface area (Å²) in [6.45, 7) is 2.40. The smallest absolute Gasteiger partial charge is 0.251 e. The first-order valence-electron chi connectivity index (χ1n) is 10.4. The number of aliphatic hydroxyl groups excluding tert-OH is 2. The summed E-state index contributed by atoms with van der Waals surface area (Å²) >= 11 is 0. The summed E-state index contributed by atoms with van der Waals surface area (Å²) < 4.78 is 0. The second-order valence-electron chi connectivity index (χ2n) is 7.26. The molecule has 2 aromatic rings. The Bertz CT molecular complexity index is 1050. The van der Waals surface area contributed by atoms with Crippen LogP contribution in [0.25, 0.3) is 22.2 Å². The molecule has 0 heterocycles. The normalized spacial score (nSPS) is 12.8. The first-order valence-corrected chi connectivity index (χ1v) is 10.4. The van der Waals surface area contributed by atoms with E-state index < -0.39 is 11.6 Å². The van der Waals surface area contributed by atoms with E-state index in [-0.39, 0.29) is 60.9 Å². The standard InChI is InChI=1S/C22H28N4O6.2ClH/c27-9-7-23-3-5-25-19-15-11-13-14(18(30)2-1-17(13)29)12-16(15)20(22(32)21(19)31)26-6-4-24-8-10-28;;/h1-2,11-12,23-30H,3-10H2;2*1H. The molecular formula is C22H30Cl2N4O6. The number of halogens is 2. The Kier molecular flexibility index (Phi) is 12.1. The number of Topliss-reactive ketones (excluding diaryl/α,β-unsaturated/α-hetero) is 2. The quantitative estimate of drug-likeness (QED) is 0.0882. The van der Waals surface area contributed by atoms with Gasteiger partial charge in [-0.2, -0.15) is 0 Å². The molecule has 0 fully saturated rings. The van der Waals surface area contributed by atoms with Crippen molar-refractivity contribution in [2.75, 3.05) is 52.5 Å². The number of ketones is 2. The highest BCUT2D eigenvalue weighted by Gasteiger charge is 2.29. The van der Waals surface area contributed by atoms with Crippen LogP contribution in [0, 0.1) is 0 Å². The van der Waals surface area contributed by atoms with Crippen LogP contribution >= 0.6 is 24.8 Å². The summed E-state index contributed by atoms with van der Waals surface area (Å²) in [7, 11) is 0. The van der Waals surface area contributed by atoms with Crippen LogP contribution in [0.5, 0.6) is 11.5 Å². The number of rotatable bonds is 12. The molecule has 0 bridgehead atoms. The van der Waals surface area contributed by atoms with Crippen molar-refractivity contribution in [3.05, 3.63) is 34.7 Å². The molecule has 0 atom stereocenters. The monoisotopic (exact) mass is 516 g/mol. The molecule has 0 amide bonds. The van der Waals surface area contributed by atoms with Gasteiger partial charge in [0.05, 0.1) is 24.6 Å². The molecule has 12 heteroatoms. The molecule has 3 rings (SSSR count). The molecule has 34 heavy (non-hydrogen) atoms. The van der Waals surface area contributed by atoms with Gasteiger partial charge in [0.25, 0.3) is 11.6 Å². The van der Waals surface area contributed by atoms with E-state index in [0.717, 1.165) is 0 Å². The van der Waals surface area contributed by atoms with Gasteiger partial charge in [0.15, 0.2) is 0 Å². The van der Waals surface area contributed by atoms with Gasteiger partial charge in [-0.1, -0.05) is 0 Å². The van der Waals surface area contributed by atoms with E-state index in [0.29, 0.717) is 60.5 Å². The van der Waals surface area contributed by atoms with Gasteiger partial charge in [-0.05, 0) is 24.3 Å². The maximum atomic E-state index is 12.9. The summed E-state index contributed by atoms with van der Waals surface area (Å²) in [6.07, 6.45) is 0. The van der Waals surface area contributed by atoms with Crippen molar-refractivity contribution in [2.45, 2.75) is 0 Å². The van der Waals surface area contributed by atoms with Gasteiger partial charge in [-0.25, -0.2) is 0 Å². The van der Waals surface area contributed by atoms with Gasteiger partial charge in [-0.15, -0.1) is 24.8 Å². The van der Waals surface area contributed by atoms with Gasteiger partial charge in [-0.3, -0.25) is 9.59 Å². The van der Waals surface area contributed by atoms with E-state index in [9.17, 15) is 19.8 Å². The largest absolute Gasteiger partial charge is 0.507 e. The lowest BCUT2D eigenvalue weighted by Crippen LogP contribution is -2.49. The van der Waals surface area contributed by atoms with Crippen LogP contribution in [0.4, 0.5) is 0 Å². The Morgan fingerprint density at radius 3 is 1.35 bits per heavy atom. The number of carbonyl (C=O) groups is 2. The minimum absolute atomic E-state index is 0. The molecule has 10 nitrogen and oxygen atoms in total. The second kappa shape index (κ2) is 14.0. The minimum atomic E-state index is -0.704. The SMILES string of the molecule is Cl.Cl.O=C1C(=O)C(NCCNCCO)=c2cc3c(O)ccc(O)c3cc2=C1NCCNCCO. The average Bonchev–Trinajstić information content (AvgIpc) is 2.79. The first-order chi connectivity index (χ1) is 15.5. The van der Waals surface area contributed by atoms with Crippen LogP contribution in [-0.4, -0.2) is 84.5 Å². The van der Waals surface area contributed by atoms with Gasteiger partial charge in [0.2, 0.25) is 0 Å². The molecule has 2 aromatic carbocycles. The zero-order chi connectivity index (χ0) is 23.1. The molecule has 0 saturated heterocycles. The topological polar surface area (TPSA) is 163 Å². The van der Waals surface area contributed by atoms with Crippen LogP contribution in [0.3, 0.4) is 0 Å². The molecular weight excluding hydrogens is 487 g/mol. The molecule has 0 aromatic heterocycles. The van der Waals surface area contributed by atoms with Gasteiger partial charge in [0, 0.05) is 60.5 Å². The maximum absolute atomic E-state index is 12.9. The summed E-state index contributed by atoms with van der Waals surface area (Å²) in [5, 5.41) is 51.9. The fourth-order valence-corrected chi connectivity index (χ4v) is 3.56. The fraction of sp³-hybridized carbons (Fsp3) is 0.364. The number of aliphatic hydroxyl groups is 2. The molecule has 0 unspecified atom stereocenters. The Labute approximate surface area is 208 Å². The van der Waals surface area contributed by atoms with E-state index >= 15 is 0 Å². The van der Waals surface area contributed by atoms with E-state index in [1.165, 1.54) is 12.1 Å². The zero-order valence-corrected chi connectivity index (χ0v) is 20.0. The van der Waals surface area contributed by atoms with Crippen molar-refractivity contribution >= 4 is 58.5 Å². The summed E-state index contributed by atoms with van der Waals surface area (Å²) in [5.74, 6) is -1.53. The maximum Gasteiger partial charge on any atom is 0.251 e.